The lowest BCUT2D eigenvalue weighted by Gasteiger charge is -2.20. The van der Waals surface area contributed by atoms with Crippen molar-refractivity contribution in [2.24, 2.45) is 5.92 Å². The molecule has 4 nitrogen and oxygen atoms in total. The van der Waals surface area contributed by atoms with E-state index in [-0.39, 0.29) is 5.91 Å². The molecule has 1 saturated carbocycles. The number of nitrogens with one attached hydrogen (secondary N) is 1. The van der Waals surface area contributed by atoms with Gasteiger partial charge in [0.05, 0.1) is 0 Å². The molecule has 1 aromatic carbocycles. The molecule has 0 heterocycles. The average Bonchev–Trinajstić information content (AvgIpc) is 3.27. The highest BCUT2D eigenvalue weighted by molar-refractivity contribution is 5.96. The number of hydrogen-bond donors (Lipinski definition) is 2. The highest BCUT2D eigenvalue weighted by Crippen LogP contribution is 2.27. The van der Waals surface area contributed by atoms with E-state index in [4.69, 9.17) is 5.73 Å². The Morgan fingerprint density at radius 2 is 2.05 bits per heavy atom. The summed E-state index contributed by atoms with van der Waals surface area (Å²) >= 11 is 0. The van der Waals surface area contributed by atoms with Gasteiger partial charge < -0.3 is 11.1 Å². The van der Waals surface area contributed by atoms with Crippen LogP contribution in [0.5, 0.6) is 0 Å². The number of nitrogens with two attached hydrogens (primary N) is 1. The van der Waals surface area contributed by atoms with E-state index in [2.05, 4.69) is 24.1 Å². The molecule has 4 heteroatoms. The third-order valence-corrected chi connectivity index (χ3v) is 3.92. The predicted octanol–water partition coefficient (Wildman–Crippen LogP) is 2.25. The van der Waals surface area contributed by atoms with Gasteiger partial charge in [0, 0.05) is 24.3 Å². The summed E-state index contributed by atoms with van der Waals surface area (Å²) in [4.78, 5) is 14.6. The highest BCUT2D eigenvalue weighted by Gasteiger charge is 2.22. The van der Waals surface area contributed by atoms with Gasteiger partial charge in [0.1, 0.15) is 0 Å². The number of nitrogens with zero attached hydrogens (tertiary/aromatic N) is 1. The third kappa shape index (κ3) is 3.97. The quantitative estimate of drug-likeness (QED) is 0.750. The second-order valence-electron chi connectivity index (χ2n) is 5.53. The van der Waals surface area contributed by atoms with Crippen LogP contribution in [0.2, 0.25) is 0 Å². The lowest BCUT2D eigenvalue weighted by atomic mass is 10.0. The van der Waals surface area contributed by atoms with Gasteiger partial charge in [-0.2, -0.15) is 0 Å². The number of benzene rings is 1. The fourth-order valence-corrected chi connectivity index (χ4v) is 2.29. The van der Waals surface area contributed by atoms with E-state index < -0.39 is 0 Å². The van der Waals surface area contributed by atoms with Crippen molar-refractivity contribution in [3.05, 3.63) is 29.3 Å². The topological polar surface area (TPSA) is 58.4 Å². The van der Waals surface area contributed by atoms with Crippen LogP contribution < -0.4 is 11.1 Å². The first kappa shape index (κ1) is 14.9. The summed E-state index contributed by atoms with van der Waals surface area (Å²) in [6.45, 7) is 7.80. The van der Waals surface area contributed by atoms with E-state index >= 15 is 0 Å². The summed E-state index contributed by atoms with van der Waals surface area (Å²) in [6, 6.07) is 5.64. The molecule has 1 amide bonds. The molecule has 1 aliphatic carbocycles. The van der Waals surface area contributed by atoms with Gasteiger partial charge in [-0.25, -0.2) is 0 Å². The summed E-state index contributed by atoms with van der Waals surface area (Å²) in [6.07, 6.45) is 2.48. The van der Waals surface area contributed by atoms with E-state index in [1.807, 2.05) is 12.1 Å². The number of rotatable bonds is 7. The number of nitrogen functional groups attached to an aromatic ring is 1. The van der Waals surface area contributed by atoms with Crippen molar-refractivity contribution in [1.82, 2.24) is 10.2 Å². The van der Waals surface area contributed by atoms with Gasteiger partial charge in [-0.05, 0) is 49.5 Å². The molecule has 20 heavy (non-hydrogen) atoms. The van der Waals surface area contributed by atoms with E-state index in [1.165, 1.54) is 12.8 Å². The maximum atomic E-state index is 12.3. The molecule has 0 atom stereocenters. The number of anilines is 1. The normalized spacial score (nSPS) is 14.6. The summed E-state index contributed by atoms with van der Waals surface area (Å²) in [5, 5.41) is 3.02. The second-order valence-corrected chi connectivity index (χ2v) is 5.53. The maximum Gasteiger partial charge on any atom is 0.251 e. The zero-order valence-electron chi connectivity index (χ0n) is 12.5. The molecular formula is C16H25N3O. The Morgan fingerprint density at radius 3 is 2.65 bits per heavy atom. The van der Waals surface area contributed by atoms with Crippen molar-refractivity contribution >= 4 is 11.6 Å². The second kappa shape index (κ2) is 6.75. The lowest BCUT2D eigenvalue weighted by molar-refractivity contribution is 0.0950. The van der Waals surface area contributed by atoms with Gasteiger partial charge >= 0.3 is 0 Å². The highest BCUT2D eigenvalue weighted by atomic mass is 16.1. The van der Waals surface area contributed by atoms with Crippen LogP contribution in [-0.2, 0) is 6.54 Å². The van der Waals surface area contributed by atoms with E-state index in [1.54, 1.807) is 6.07 Å². The summed E-state index contributed by atoms with van der Waals surface area (Å²) in [5.41, 5.74) is 8.25. The number of carbonyl (C=O) groups is 1. The zero-order chi connectivity index (χ0) is 14.5. The van der Waals surface area contributed by atoms with E-state index in [9.17, 15) is 4.79 Å². The lowest BCUT2D eigenvalue weighted by Crippen LogP contribution is -2.29. The van der Waals surface area contributed by atoms with Crippen LogP contribution in [0.15, 0.2) is 18.2 Å². The van der Waals surface area contributed by atoms with Crippen molar-refractivity contribution in [2.75, 3.05) is 25.4 Å². The minimum absolute atomic E-state index is 0.00589. The fraction of sp³-hybridized carbons (Fsp3) is 0.562. The number of hydrogen-bond acceptors (Lipinski definition) is 3. The molecule has 0 unspecified atom stereocenters. The molecular weight excluding hydrogens is 250 g/mol. The maximum absolute atomic E-state index is 12.3. The Morgan fingerprint density at radius 1 is 1.35 bits per heavy atom. The molecule has 0 radical (unpaired) electrons. The molecule has 0 bridgehead atoms. The Labute approximate surface area is 121 Å². The van der Waals surface area contributed by atoms with Gasteiger partial charge in [0.15, 0.2) is 0 Å². The van der Waals surface area contributed by atoms with E-state index in [0.29, 0.717) is 11.6 Å². The first-order chi connectivity index (χ1) is 9.63. The first-order valence-corrected chi connectivity index (χ1v) is 7.53. The van der Waals surface area contributed by atoms with Crippen molar-refractivity contribution in [1.29, 1.82) is 0 Å². The molecule has 1 aromatic rings. The Bertz CT molecular complexity index is 465. The Balaban J connectivity index is 2.11. The van der Waals surface area contributed by atoms with Gasteiger partial charge in [0.25, 0.3) is 5.91 Å². The molecule has 1 fully saturated rings. The van der Waals surface area contributed by atoms with Crippen LogP contribution in [0, 0.1) is 5.92 Å². The van der Waals surface area contributed by atoms with Crippen LogP contribution in [0.4, 0.5) is 5.69 Å². The molecule has 0 spiro atoms. The molecule has 110 valence electrons. The van der Waals surface area contributed by atoms with Crippen LogP contribution in [0.3, 0.4) is 0 Å². The largest absolute Gasteiger partial charge is 0.399 e. The van der Waals surface area contributed by atoms with Crippen LogP contribution in [-0.4, -0.2) is 30.4 Å². The molecule has 3 N–H and O–H groups in total. The molecule has 0 saturated heterocycles. The predicted molar refractivity (Wildman–Crippen MR) is 82.5 cm³/mol. The van der Waals surface area contributed by atoms with E-state index in [0.717, 1.165) is 37.3 Å². The van der Waals surface area contributed by atoms with Crippen molar-refractivity contribution in [3.8, 4) is 0 Å². The minimum Gasteiger partial charge on any atom is -0.399 e. The van der Waals surface area contributed by atoms with Gasteiger partial charge in [0.2, 0.25) is 0 Å². The molecule has 0 aromatic heterocycles. The van der Waals surface area contributed by atoms with Crippen LogP contribution in [0.1, 0.15) is 42.6 Å². The van der Waals surface area contributed by atoms with Crippen molar-refractivity contribution in [2.45, 2.75) is 33.2 Å². The Hall–Kier alpha value is -1.55. The number of carbonyl (C=O) groups excluding carboxylic acids is 1. The van der Waals surface area contributed by atoms with Gasteiger partial charge in [-0.1, -0.05) is 19.9 Å². The van der Waals surface area contributed by atoms with Crippen molar-refractivity contribution in [3.63, 3.8) is 0 Å². The van der Waals surface area contributed by atoms with Crippen LogP contribution in [0.25, 0.3) is 0 Å². The smallest absolute Gasteiger partial charge is 0.251 e. The molecule has 0 aliphatic heterocycles. The number of amides is 1. The summed E-state index contributed by atoms with van der Waals surface area (Å²) in [5.74, 6) is 0.692. The van der Waals surface area contributed by atoms with Crippen LogP contribution >= 0.6 is 0 Å². The molecule has 2 rings (SSSR count). The minimum atomic E-state index is 0.00589. The standard InChI is InChI=1S/C16H25N3O/c1-3-19(4-2)11-13-7-8-14(17)9-15(13)16(20)18-10-12-5-6-12/h7-9,12H,3-6,10-11,17H2,1-2H3,(H,18,20). The zero-order valence-corrected chi connectivity index (χ0v) is 12.5. The molecule has 1 aliphatic rings. The first-order valence-electron chi connectivity index (χ1n) is 7.53. The average molecular weight is 275 g/mol. The summed E-state index contributed by atoms with van der Waals surface area (Å²) < 4.78 is 0. The SMILES string of the molecule is CCN(CC)Cc1ccc(N)cc1C(=O)NCC1CC1. The van der Waals surface area contributed by atoms with Gasteiger partial charge in [-0.15, -0.1) is 0 Å². The van der Waals surface area contributed by atoms with Crippen molar-refractivity contribution < 1.29 is 4.79 Å². The Kier molecular flexibility index (Phi) is 5.01. The monoisotopic (exact) mass is 275 g/mol. The third-order valence-electron chi connectivity index (χ3n) is 3.92. The summed E-state index contributed by atoms with van der Waals surface area (Å²) in [7, 11) is 0. The van der Waals surface area contributed by atoms with Gasteiger partial charge in [-0.3, -0.25) is 9.69 Å². The fourth-order valence-electron chi connectivity index (χ4n) is 2.29.